The second-order valence-electron chi connectivity index (χ2n) is 5.76. The SMILES string of the molecule is COc1ccc(C(=O)NCc2cc(C(=O)NCc3ccccc3)no2)cc1. The average molecular weight is 365 g/mol. The van der Waals surface area contributed by atoms with Crippen LogP contribution in [0, 0.1) is 0 Å². The van der Waals surface area contributed by atoms with Gasteiger partial charge in [0.2, 0.25) is 0 Å². The molecule has 0 fully saturated rings. The van der Waals surface area contributed by atoms with Gasteiger partial charge in [0, 0.05) is 18.2 Å². The van der Waals surface area contributed by atoms with Gasteiger partial charge in [0.25, 0.3) is 11.8 Å². The lowest BCUT2D eigenvalue weighted by molar-refractivity contribution is 0.0933. The summed E-state index contributed by atoms with van der Waals surface area (Å²) in [6.07, 6.45) is 0. The predicted octanol–water partition coefficient (Wildman–Crippen LogP) is 2.54. The smallest absolute Gasteiger partial charge is 0.273 e. The van der Waals surface area contributed by atoms with E-state index >= 15 is 0 Å². The van der Waals surface area contributed by atoms with Crippen molar-refractivity contribution in [3.8, 4) is 5.75 Å². The number of carbonyl (C=O) groups is 2. The lowest BCUT2D eigenvalue weighted by Gasteiger charge is -2.04. The van der Waals surface area contributed by atoms with E-state index in [4.69, 9.17) is 9.26 Å². The van der Waals surface area contributed by atoms with Gasteiger partial charge < -0.3 is 19.9 Å². The molecule has 27 heavy (non-hydrogen) atoms. The Labute approximate surface area is 156 Å². The number of aromatic nitrogens is 1. The second-order valence-corrected chi connectivity index (χ2v) is 5.76. The minimum Gasteiger partial charge on any atom is -0.497 e. The van der Waals surface area contributed by atoms with Crippen LogP contribution in [-0.4, -0.2) is 24.1 Å². The fourth-order valence-electron chi connectivity index (χ4n) is 2.38. The monoisotopic (exact) mass is 365 g/mol. The molecule has 3 aromatic rings. The van der Waals surface area contributed by atoms with Crippen LogP contribution in [-0.2, 0) is 13.1 Å². The quantitative estimate of drug-likeness (QED) is 0.671. The standard InChI is InChI=1S/C20H19N3O4/c1-26-16-9-7-15(8-10-16)19(24)22-13-17-11-18(23-27-17)20(25)21-12-14-5-3-2-4-6-14/h2-11H,12-13H2,1H3,(H,21,25)(H,22,24). The molecule has 2 amide bonds. The van der Waals surface area contributed by atoms with E-state index < -0.39 is 0 Å². The van der Waals surface area contributed by atoms with E-state index in [-0.39, 0.29) is 24.1 Å². The first-order chi connectivity index (χ1) is 13.2. The van der Waals surface area contributed by atoms with Crippen LogP contribution in [0.25, 0.3) is 0 Å². The number of hydrogen-bond acceptors (Lipinski definition) is 5. The number of hydrogen-bond donors (Lipinski definition) is 2. The maximum absolute atomic E-state index is 12.1. The van der Waals surface area contributed by atoms with Crippen molar-refractivity contribution >= 4 is 11.8 Å². The van der Waals surface area contributed by atoms with Crippen molar-refractivity contribution in [2.45, 2.75) is 13.1 Å². The number of nitrogens with zero attached hydrogens (tertiary/aromatic N) is 1. The molecule has 0 aliphatic heterocycles. The molecule has 1 aromatic heterocycles. The van der Waals surface area contributed by atoms with Crippen molar-refractivity contribution in [3.63, 3.8) is 0 Å². The molecule has 1 heterocycles. The van der Waals surface area contributed by atoms with Crippen molar-refractivity contribution in [1.82, 2.24) is 15.8 Å². The highest BCUT2D eigenvalue weighted by Gasteiger charge is 2.13. The molecule has 7 heteroatoms. The zero-order chi connectivity index (χ0) is 19.1. The van der Waals surface area contributed by atoms with Crippen LogP contribution in [0.4, 0.5) is 0 Å². The van der Waals surface area contributed by atoms with Crippen molar-refractivity contribution in [1.29, 1.82) is 0 Å². The van der Waals surface area contributed by atoms with Gasteiger partial charge in [-0.3, -0.25) is 9.59 Å². The molecule has 0 saturated heterocycles. The third-order valence-corrected chi connectivity index (χ3v) is 3.86. The van der Waals surface area contributed by atoms with Crippen LogP contribution in [0.15, 0.2) is 65.2 Å². The predicted molar refractivity (Wildman–Crippen MR) is 98.3 cm³/mol. The van der Waals surface area contributed by atoms with Crippen LogP contribution >= 0.6 is 0 Å². The van der Waals surface area contributed by atoms with Crippen molar-refractivity contribution < 1.29 is 18.8 Å². The largest absolute Gasteiger partial charge is 0.497 e. The van der Waals surface area contributed by atoms with Gasteiger partial charge in [-0.25, -0.2) is 0 Å². The molecule has 0 aliphatic rings. The maximum atomic E-state index is 12.1. The number of nitrogens with one attached hydrogen (secondary N) is 2. The average Bonchev–Trinajstić information content (AvgIpc) is 3.20. The molecular formula is C20H19N3O4. The van der Waals surface area contributed by atoms with Crippen LogP contribution in [0.3, 0.4) is 0 Å². The maximum Gasteiger partial charge on any atom is 0.273 e. The van der Waals surface area contributed by atoms with Crippen LogP contribution in [0.1, 0.15) is 32.2 Å². The molecule has 0 aliphatic carbocycles. The number of methoxy groups -OCH3 is 1. The molecule has 0 bridgehead atoms. The topological polar surface area (TPSA) is 93.5 Å². The number of ether oxygens (including phenoxy) is 1. The minimum atomic E-state index is -0.338. The Bertz CT molecular complexity index is 904. The van der Waals surface area contributed by atoms with E-state index in [2.05, 4.69) is 15.8 Å². The van der Waals surface area contributed by atoms with Gasteiger partial charge in [0.1, 0.15) is 5.75 Å². The highest BCUT2D eigenvalue weighted by Crippen LogP contribution is 2.11. The number of benzene rings is 2. The first-order valence-electron chi connectivity index (χ1n) is 8.35. The van der Waals surface area contributed by atoms with Gasteiger partial charge in [0.05, 0.1) is 13.7 Å². The second kappa shape index (κ2) is 8.66. The molecule has 0 spiro atoms. The number of amides is 2. The van der Waals surface area contributed by atoms with Crippen LogP contribution < -0.4 is 15.4 Å². The van der Waals surface area contributed by atoms with E-state index in [1.807, 2.05) is 30.3 Å². The first kappa shape index (κ1) is 18.2. The lowest BCUT2D eigenvalue weighted by atomic mass is 10.2. The highest BCUT2D eigenvalue weighted by molar-refractivity contribution is 5.94. The van der Waals surface area contributed by atoms with E-state index in [0.717, 1.165) is 5.56 Å². The molecule has 3 rings (SSSR count). The van der Waals surface area contributed by atoms with Gasteiger partial charge in [-0.15, -0.1) is 0 Å². The third-order valence-electron chi connectivity index (χ3n) is 3.86. The summed E-state index contributed by atoms with van der Waals surface area (Å²) in [5.74, 6) is 0.467. The summed E-state index contributed by atoms with van der Waals surface area (Å²) in [4.78, 5) is 24.2. The van der Waals surface area contributed by atoms with Crippen LogP contribution in [0.5, 0.6) is 5.75 Å². The number of rotatable bonds is 7. The first-order valence-corrected chi connectivity index (χ1v) is 8.35. The molecule has 0 atom stereocenters. The van der Waals surface area contributed by atoms with Gasteiger partial charge >= 0.3 is 0 Å². The zero-order valence-corrected chi connectivity index (χ0v) is 14.8. The van der Waals surface area contributed by atoms with E-state index in [0.29, 0.717) is 23.6 Å². The molecule has 0 unspecified atom stereocenters. The molecule has 7 nitrogen and oxygen atoms in total. The highest BCUT2D eigenvalue weighted by atomic mass is 16.5. The van der Waals surface area contributed by atoms with E-state index in [1.165, 1.54) is 6.07 Å². The van der Waals surface area contributed by atoms with E-state index in [9.17, 15) is 9.59 Å². The van der Waals surface area contributed by atoms with Gasteiger partial charge in [-0.2, -0.15) is 0 Å². The summed E-state index contributed by atoms with van der Waals surface area (Å²) >= 11 is 0. The van der Waals surface area contributed by atoms with Crippen molar-refractivity contribution in [3.05, 3.63) is 83.2 Å². The zero-order valence-electron chi connectivity index (χ0n) is 14.8. The molecular weight excluding hydrogens is 346 g/mol. The number of carbonyl (C=O) groups excluding carboxylic acids is 2. The minimum absolute atomic E-state index is 0.129. The Morgan fingerprint density at radius 3 is 2.37 bits per heavy atom. The summed E-state index contributed by atoms with van der Waals surface area (Å²) in [6, 6.07) is 17.8. The Kier molecular flexibility index (Phi) is 5.84. The van der Waals surface area contributed by atoms with Gasteiger partial charge in [-0.1, -0.05) is 35.5 Å². The fourth-order valence-corrected chi connectivity index (χ4v) is 2.38. The Balaban J connectivity index is 1.51. The third kappa shape index (κ3) is 4.94. The van der Waals surface area contributed by atoms with Crippen molar-refractivity contribution in [2.24, 2.45) is 0 Å². The normalized spacial score (nSPS) is 10.3. The lowest BCUT2D eigenvalue weighted by Crippen LogP contribution is -2.23. The molecule has 0 saturated carbocycles. The summed E-state index contributed by atoms with van der Waals surface area (Å²) in [5.41, 5.74) is 1.65. The molecule has 2 N–H and O–H groups in total. The summed E-state index contributed by atoms with van der Waals surface area (Å²) < 4.78 is 10.2. The molecule has 2 aromatic carbocycles. The van der Waals surface area contributed by atoms with Gasteiger partial charge in [-0.05, 0) is 29.8 Å². The Hall–Kier alpha value is -3.61. The summed E-state index contributed by atoms with van der Waals surface area (Å²) in [7, 11) is 1.56. The summed E-state index contributed by atoms with van der Waals surface area (Å²) in [5, 5.41) is 9.23. The van der Waals surface area contributed by atoms with Crippen LogP contribution in [0.2, 0.25) is 0 Å². The summed E-state index contributed by atoms with van der Waals surface area (Å²) in [6.45, 7) is 0.528. The Morgan fingerprint density at radius 1 is 0.963 bits per heavy atom. The van der Waals surface area contributed by atoms with Gasteiger partial charge in [0.15, 0.2) is 11.5 Å². The van der Waals surface area contributed by atoms with E-state index in [1.54, 1.807) is 31.4 Å². The molecule has 138 valence electrons. The Morgan fingerprint density at radius 2 is 1.67 bits per heavy atom. The fraction of sp³-hybridized carbons (Fsp3) is 0.150. The van der Waals surface area contributed by atoms with Crippen molar-refractivity contribution in [2.75, 3.05) is 7.11 Å². The molecule has 0 radical (unpaired) electrons.